The molecule has 0 fully saturated rings. The van der Waals surface area contributed by atoms with Gasteiger partial charge in [0.25, 0.3) is 0 Å². The maximum absolute atomic E-state index is 12.3. The van der Waals surface area contributed by atoms with Gasteiger partial charge in [-0.2, -0.15) is 0 Å². The van der Waals surface area contributed by atoms with Crippen LogP contribution in [-0.4, -0.2) is 11.9 Å². The molecule has 4 heteroatoms. The number of hydrogen-bond donors (Lipinski definition) is 0. The lowest BCUT2D eigenvalue weighted by molar-refractivity contribution is -0.322. The van der Waals surface area contributed by atoms with E-state index in [0.717, 1.165) is 51.4 Å². The second kappa shape index (κ2) is 14.1. The monoisotopic (exact) mass is 368 g/mol. The van der Waals surface area contributed by atoms with Crippen LogP contribution in [0, 0.1) is 17.3 Å². The molecular formula is C22H40O4-2. The smallest absolute Gasteiger partial charge is 0.0476 e. The average Bonchev–Trinajstić information content (AvgIpc) is 2.61. The lowest BCUT2D eigenvalue weighted by atomic mass is 9.68. The van der Waals surface area contributed by atoms with Crippen molar-refractivity contribution in [1.82, 2.24) is 0 Å². The number of carboxylic acids is 2. The van der Waals surface area contributed by atoms with Gasteiger partial charge in [0.1, 0.15) is 0 Å². The highest BCUT2D eigenvalue weighted by molar-refractivity contribution is 5.72. The van der Waals surface area contributed by atoms with Gasteiger partial charge in [0.15, 0.2) is 0 Å². The van der Waals surface area contributed by atoms with Crippen molar-refractivity contribution in [3.05, 3.63) is 0 Å². The third kappa shape index (κ3) is 9.59. The zero-order valence-electron chi connectivity index (χ0n) is 17.5. The van der Waals surface area contributed by atoms with E-state index < -0.39 is 17.4 Å². The number of carbonyl (C=O) groups is 2. The molecular weight excluding hydrogens is 328 g/mol. The minimum atomic E-state index is -1.10. The van der Waals surface area contributed by atoms with Crippen LogP contribution in [0.15, 0.2) is 0 Å². The molecule has 0 radical (unpaired) electrons. The Kier molecular flexibility index (Phi) is 13.5. The van der Waals surface area contributed by atoms with Crippen LogP contribution < -0.4 is 10.2 Å². The van der Waals surface area contributed by atoms with Crippen molar-refractivity contribution >= 4 is 11.9 Å². The van der Waals surface area contributed by atoms with Crippen molar-refractivity contribution in [3.8, 4) is 0 Å². The lowest BCUT2D eigenvalue weighted by Gasteiger charge is -2.40. The SMILES string of the molecule is CCCCC(CC)CC(CCCC(=O)[O-])(CC(CC)CCCC)C(=O)[O-]. The molecule has 0 aromatic heterocycles. The fourth-order valence-electron chi connectivity index (χ4n) is 4.12. The Morgan fingerprint density at radius 3 is 1.58 bits per heavy atom. The Labute approximate surface area is 160 Å². The number of hydrogen-bond acceptors (Lipinski definition) is 4. The average molecular weight is 369 g/mol. The van der Waals surface area contributed by atoms with Gasteiger partial charge in [0.2, 0.25) is 0 Å². The summed E-state index contributed by atoms with van der Waals surface area (Å²) in [6, 6.07) is 0. The van der Waals surface area contributed by atoms with E-state index in [0.29, 0.717) is 37.5 Å². The van der Waals surface area contributed by atoms with Crippen molar-refractivity contribution in [3.63, 3.8) is 0 Å². The van der Waals surface area contributed by atoms with Gasteiger partial charge in [-0.05, 0) is 43.9 Å². The first-order chi connectivity index (χ1) is 12.3. The normalized spacial score (nSPS) is 16.0. The molecule has 2 unspecified atom stereocenters. The van der Waals surface area contributed by atoms with Crippen molar-refractivity contribution in [1.29, 1.82) is 0 Å². The van der Waals surface area contributed by atoms with Crippen molar-refractivity contribution in [2.75, 3.05) is 0 Å². The molecule has 0 amide bonds. The van der Waals surface area contributed by atoms with Crippen LogP contribution in [0.5, 0.6) is 0 Å². The van der Waals surface area contributed by atoms with Crippen molar-refractivity contribution in [2.45, 2.75) is 111 Å². The molecule has 2 atom stereocenters. The summed E-state index contributed by atoms with van der Waals surface area (Å²) < 4.78 is 0. The van der Waals surface area contributed by atoms with Crippen LogP contribution in [-0.2, 0) is 9.59 Å². The quantitative estimate of drug-likeness (QED) is 0.390. The first-order valence-electron chi connectivity index (χ1n) is 10.8. The Bertz CT molecular complexity index is 374. The number of aliphatic carboxylic acids is 2. The first-order valence-corrected chi connectivity index (χ1v) is 10.8. The van der Waals surface area contributed by atoms with E-state index in [1.54, 1.807) is 0 Å². The molecule has 0 saturated heterocycles. The fourth-order valence-corrected chi connectivity index (χ4v) is 4.12. The molecule has 0 aliphatic rings. The molecule has 0 heterocycles. The number of unbranched alkanes of at least 4 members (excludes halogenated alkanes) is 2. The Morgan fingerprint density at radius 1 is 0.808 bits per heavy atom. The molecule has 0 aromatic carbocycles. The zero-order chi connectivity index (χ0) is 20.0. The summed E-state index contributed by atoms with van der Waals surface area (Å²) in [7, 11) is 0. The van der Waals surface area contributed by atoms with E-state index in [4.69, 9.17) is 0 Å². The molecule has 0 saturated carbocycles. The summed E-state index contributed by atoms with van der Waals surface area (Å²) in [6.07, 6.45) is 10.3. The third-order valence-corrected chi connectivity index (χ3v) is 5.91. The third-order valence-electron chi connectivity index (χ3n) is 5.91. The van der Waals surface area contributed by atoms with Gasteiger partial charge in [-0.3, -0.25) is 0 Å². The highest BCUT2D eigenvalue weighted by atomic mass is 16.4. The minimum Gasteiger partial charge on any atom is -0.550 e. The highest BCUT2D eigenvalue weighted by Gasteiger charge is 2.35. The van der Waals surface area contributed by atoms with E-state index in [1.807, 2.05) is 0 Å². The maximum Gasteiger partial charge on any atom is 0.0476 e. The topological polar surface area (TPSA) is 80.3 Å². The Balaban J connectivity index is 5.37. The second-order valence-corrected chi connectivity index (χ2v) is 8.03. The van der Waals surface area contributed by atoms with Gasteiger partial charge in [0.05, 0.1) is 0 Å². The van der Waals surface area contributed by atoms with Crippen LogP contribution in [0.3, 0.4) is 0 Å². The number of carboxylic acid groups (broad SMARTS) is 2. The lowest BCUT2D eigenvalue weighted by Crippen LogP contribution is -2.45. The molecule has 0 aliphatic carbocycles. The maximum atomic E-state index is 12.3. The summed E-state index contributed by atoms with van der Waals surface area (Å²) in [6.45, 7) is 8.54. The zero-order valence-corrected chi connectivity index (χ0v) is 17.5. The minimum absolute atomic E-state index is 0.0769. The summed E-state index contributed by atoms with van der Waals surface area (Å²) in [5.41, 5.74) is -0.904. The molecule has 4 nitrogen and oxygen atoms in total. The summed E-state index contributed by atoms with van der Waals surface area (Å²) in [5.74, 6) is -1.37. The summed E-state index contributed by atoms with van der Waals surface area (Å²) >= 11 is 0. The molecule has 0 aromatic rings. The molecule has 0 N–H and O–H groups in total. The van der Waals surface area contributed by atoms with Crippen LogP contribution in [0.2, 0.25) is 0 Å². The van der Waals surface area contributed by atoms with Gasteiger partial charge >= 0.3 is 0 Å². The van der Waals surface area contributed by atoms with E-state index >= 15 is 0 Å². The number of rotatable bonds is 17. The van der Waals surface area contributed by atoms with Crippen molar-refractivity contribution < 1.29 is 19.8 Å². The Morgan fingerprint density at radius 2 is 1.27 bits per heavy atom. The highest BCUT2D eigenvalue weighted by Crippen LogP contribution is 2.42. The van der Waals surface area contributed by atoms with Crippen LogP contribution in [0.1, 0.15) is 111 Å². The van der Waals surface area contributed by atoms with Crippen LogP contribution in [0.4, 0.5) is 0 Å². The van der Waals surface area contributed by atoms with Crippen molar-refractivity contribution in [2.24, 2.45) is 17.3 Å². The largest absolute Gasteiger partial charge is 0.550 e. The predicted octanol–water partition coefficient (Wildman–Crippen LogP) is 3.86. The molecule has 0 aliphatic heterocycles. The van der Waals surface area contributed by atoms with Crippen LogP contribution >= 0.6 is 0 Å². The summed E-state index contributed by atoms with van der Waals surface area (Å²) in [5, 5.41) is 23.1. The van der Waals surface area contributed by atoms with E-state index in [1.165, 1.54) is 0 Å². The molecule has 0 spiro atoms. The van der Waals surface area contributed by atoms with Crippen LogP contribution in [0.25, 0.3) is 0 Å². The van der Waals surface area contributed by atoms with Gasteiger partial charge < -0.3 is 19.8 Å². The van der Waals surface area contributed by atoms with Gasteiger partial charge in [-0.25, -0.2) is 0 Å². The van der Waals surface area contributed by atoms with E-state index in [2.05, 4.69) is 27.7 Å². The van der Waals surface area contributed by atoms with Gasteiger partial charge in [-0.15, -0.1) is 0 Å². The van der Waals surface area contributed by atoms with Gasteiger partial charge in [-0.1, -0.05) is 79.1 Å². The Hall–Kier alpha value is -1.06. The summed E-state index contributed by atoms with van der Waals surface area (Å²) in [4.78, 5) is 23.1. The molecule has 26 heavy (non-hydrogen) atoms. The second-order valence-electron chi connectivity index (χ2n) is 8.03. The first kappa shape index (κ1) is 24.9. The standard InChI is InChI=1S/C22H42O4/c1-5-9-12-18(7-3)16-22(21(25)26,15-11-14-20(23)24)17-19(8-4)13-10-6-2/h18-19H,5-17H2,1-4H3,(H,23,24)(H,25,26)/p-2. The van der Waals surface area contributed by atoms with E-state index in [-0.39, 0.29) is 6.42 Å². The number of carbonyl (C=O) groups excluding carboxylic acids is 2. The predicted molar refractivity (Wildman–Crippen MR) is 102 cm³/mol. The fraction of sp³-hybridized carbons (Fsp3) is 0.909. The molecule has 0 bridgehead atoms. The van der Waals surface area contributed by atoms with E-state index in [9.17, 15) is 19.8 Å². The molecule has 154 valence electrons. The van der Waals surface area contributed by atoms with Gasteiger partial charge in [0, 0.05) is 17.4 Å². The molecule has 0 rings (SSSR count).